The zero-order valence-corrected chi connectivity index (χ0v) is 7.59. The summed E-state index contributed by atoms with van der Waals surface area (Å²) in [7, 11) is 1.33. The van der Waals surface area contributed by atoms with E-state index in [9.17, 15) is 9.59 Å². The molecular weight excluding hydrogens is 158 g/mol. The quantitative estimate of drug-likeness (QED) is 0.361. The molecule has 12 heavy (non-hydrogen) atoms. The van der Waals surface area contributed by atoms with Crippen LogP contribution in [-0.2, 0) is 14.3 Å². The molecule has 0 aromatic carbocycles. The molecule has 0 N–H and O–H groups in total. The molecule has 0 aliphatic heterocycles. The number of rotatable bonds is 4. The lowest BCUT2D eigenvalue weighted by Gasteiger charge is -2.15. The third-order valence-electron chi connectivity index (χ3n) is 1.52. The maximum atomic E-state index is 10.7. The Kier molecular flexibility index (Phi) is 4.22. The average molecular weight is 171 g/mol. The summed E-state index contributed by atoms with van der Waals surface area (Å²) in [6, 6.07) is 0. The van der Waals surface area contributed by atoms with Gasteiger partial charge in [0.15, 0.2) is 0 Å². The minimum absolute atomic E-state index is 0.272. The van der Waals surface area contributed by atoms with Crippen LogP contribution in [-0.4, -0.2) is 24.7 Å². The van der Waals surface area contributed by atoms with E-state index in [1.165, 1.54) is 13.2 Å². The minimum atomic E-state index is -0.518. The fraction of sp³-hybridized carbons (Fsp3) is 0.750. The molecule has 0 bridgehead atoms. The van der Waals surface area contributed by atoms with E-state index in [4.69, 9.17) is 0 Å². The van der Waals surface area contributed by atoms with E-state index in [-0.39, 0.29) is 12.4 Å². The SMILES string of the molecule is COC(=O)CCC(C)(C)N=C=O. The predicted octanol–water partition coefficient (Wildman–Crippen LogP) is 1.05. The van der Waals surface area contributed by atoms with Gasteiger partial charge in [0.1, 0.15) is 0 Å². The summed E-state index contributed by atoms with van der Waals surface area (Å²) in [5, 5.41) is 0. The maximum Gasteiger partial charge on any atom is 0.305 e. The first-order chi connectivity index (χ1) is 5.52. The van der Waals surface area contributed by atoms with Gasteiger partial charge in [-0.15, -0.1) is 0 Å². The van der Waals surface area contributed by atoms with Crippen molar-refractivity contribution in [2.75, 3.05) is 7.11 Å². The maximum absolute atomic E-state index is 10.7. The molecule has 0 fully saturated rings. The molecule has 0 atom stereocenters. The highest BCUT2D eigenvalue weighted by molar-refractivity contribution is 5.69. The number of carbonyl (C=O) groups is 1. The van der Waals surface area contributed by atoms with Gasteiger partial charge in [0.2, 0.25) is 6.08 Å². The molecule has 0 aromatic heterocycles. The lowest BCUT2D eigenvalue weighted by atomic mass is 10.00. The highest BCUT2D eigenvalue weighted by Gasteiger charge is 2.17. The standard InChI is InChI=1S/C8H13NO3/c1-8(2,9-6-10)5-4-7(11)12-3/h4-5H2,1-3H3. The van der Waals surface area contributed by atoms with Crippen LogP contribution in [0.4, 0.5) is 0 Å². The topological polar surface area (TPSA) is 55.7 Å². The Hall–Kier alpha value is -1.15. The summed E-state index contributed by atoms with van der Waals surface area (Å²) in [5.74, 6) is -0.288. The first-order valence-electron chi connectivity index (χ1n) is 3.67. The lowest BCUT2D eigenvalue weighted by Crippen LogP contribution is -2.18. The van der Waals surface area contributed by atoms with Crippen LogP contribution in [0.5, 0.6) is 0 Å². The smallest absolute Gasteiger partial charge is 0.305 e. The number of esters is 1. The van der Waals surface area contributed by atoms with Crippen LogP contribution in [0, 0.1) is 0 Å². The van der Waals surface area contributed by atoms with Crippen LogP contribution in [0.15, 0.2) is 4.99 Å². The number of ether oxygens (including phenoxy) is 1. The number of nitrogens with zero attached hydrogens (tertiary/aromatic N) is 1. The van der Waals surface area contributed by atoms with E-state index < -0.39 is 5.54 Å². The second-order valence-corrected chi connectivity index (χ2v) is 3.09. The second-order valence-electron chi connectivity index (χ2n) is 3.09. The molecule has 0 rings (SSSR count). The highest BCUT2D eigenvalue weighted by atomic mass is 16.5. The fourth-order valence-electron chi connectivity index (χ4n) is 0.689. The van der Waals surface area contributed by atoms with Gasteiger partial charge in [0.25, 0.3) is 0 Å². The number of aliphatic imine (C=N–C) groups is 1. The van der Waals surface area contributed by atoms with Crippen molar-refractivity contribution in [1.29, 1.82) is 0 Å². The number of hydrogen-bond acceptors (Lipinski definition) is 4. The van der Waals surface area contributed by atoms with Gasteiger partial charge in [-0.25, -0.2) is 4.79 Å². The molecule has 0 aliphatic rings. The zero-order chi connectivity index (χ0) is 9.61. The molecule has 0 radical (unpaired) electrons. The summed E-state index contributed by atoms with van der Waals surface area (Å²) in [6.07, 6.45) is 2.24. The van der Waals surface area contributed by atoms with E-state index in [1.807, 2.05) is 0 Å². The van der Waals surface area contributed by atoms with Crippen LogP contribution in [0.3, 0.4) is 0 Å². The van der Waals surface area contributed by atoms with Crippen molar-refractivity contribution in [3.63, 3.8) is 0 Å². The van der Waals surface area contributed by atoms with Gasteiger partial charge in [0.05, 0.1) is 12.6 Å². The summed E-state index contributed by atoms with van der Waals surface area (Å²) in [4.78, 5) is 24.2. The molecule has 0 aliphatic carbocycles. The molecular formula is C8H13NO3. The van der Waals surface area contributed by atoms with E-state index in [0.29, 0.717) is 6.42 Å². The van der Waals surface area contributed by atoms with Crippen LogP contribution >= 0.6 is 0 Å². The van der Waals surface area contributed by atoms with Crippen molar-refractivity contribution in [3.8, 4) is 0 Å². The summed E-state index contributed by atoms with van der Waals surface area (Å²) in [6.45, 7) is 3.53. The van der Waals surface area contributed by atoms with Crippen LogP contribution in [0.25, 0.3) is 0 Å². The molecule has 0 amide bonds. The summed E-state index contributed by atoms with van der Waals surface area (Å²) in [5.41, 5.74) is -0.518. The van der Waals surface area contributed by atoms with E-state index in [2.05, 4.69) is 9.73 Å². The average Bonchev–Trinajstić information content (AvgIpc) is 2.00. The lowest BCUT2D eigenvalue weighted by molar-refractivity contribution is -0.140. The van der Waals surface area contributed by atoms with Gasteiger partial charge in [0, 0.05) is 6.42 Å². The fourth-order valence-corrected chi connectivity index (χ4v) is 0.689. The number of methoxy groups -OCH3 is 1. The Morgan fingerprint density at radius 3 is 2.58 bits per heavy atom. The van der Waals surface area contributed by atoms with Gasteiger partial charge in [-0.05, 0) is 20.3 Å². The van der Waals surface area contributed by atoms with Gasteiger partial charge < -0.3 is 4.74 Å². The van der Waals surface area contributed by atoms with Crippen molar-refractivity contribution < 1.29 is 14.3 Å². The molecule has 0 heterocycles. The normalized spacial score (nSPS) is 10.2. The molecule has 0 aromatic rings. The molecule has 0 saturated carbocycles. The molecule has 68 valence electrons. The number of isocyanates is 1. The van der Waals surface area contributed by atoms with Crippen molar-refractivity contribution >= 4 is 12.0 Å². The van der Waals surface area contributed by atoms with Crippen LogP contribution < -0.4 is 0 Å². The third kappa shape index (κ3) is 4.63. The van der Waals surface area contributed by atoms with E-state index in [1.54, 1.807) is 13.8 Å². The number of hydrogen-bond donors (Lipinski definition) is 0. The molecule has 4 nitrogen and oxygen atoms in total. The van der Waals surface area contributed by atoms with Crippen LogP contribution in [0.2, 0.25) is 0 Å². The second kappa shape index (κ2) is 4.67. The van der Waals surface area contributed by atoms with E-state index in [0.717, 1.165) is 0 Å². The van der Waals surface area contributed by atoms with Gasteiger partial charge in [-0.2, -0.15) is 4.99 Å². The first-order valence-corrected chi connectivity index (χ1v) is 3.67. The van der Waals surface area contributed by atoms with E-state index >= 15 is 0 Å². The Morgan fingerprint density at radius 1 is 1.58 bits per heavy atom. The largest absolute Gasteiger partial charge is 0.469 e. The first kappa shape index (κ1) is 10.8. The van der Waals surface area contributed by atoms with Crippen molar-refractivity contribution in [3.05, 3.63) is 0 Å². The Labute approximate surface area is 71.6 Å². The van der Waals surface area contributed by atoms with Crippen LogP contribution in [0.1, 0.15) is 26.7 Å². The Balaban J connectivity index is 3.91. The molecule has 0 saturated heterocycles. The number of carbonyl (C=O) groups excluding carboxylic acids is 2. The summed E-state index contributed by atoms with van der Waals surface area (Å²) < 4.78 is 4.44. The monoisotopic (exact) mass is 171 g/mol. The highest BCUT2D eigenvalue weighted by Crippen LogP contribution is 2.15. The Morgan fingerprint density at radius 2 is 2.17 bits per heavy atom. The third-order valence-corrected chi connectivity index (χ3v) is 1.52. The molecule has 0 spiro atoms. The van der Waals surface area contributed by atoms with Gasteiger partial charge in [-0.3, -0.25) is 4.79 Å². The zero-order valence-electron chi connectivity index (χ0n) is 7.59. The summed E-state index contributed by atoms with van der Waals surface area (Å²) >= 11 is 0. The molecule has 0 unspecified atom stereocenters. The predicted molar refractivity (Wildman–Crippen MR) is 43.5 cm³/mol. The van der Waals surface area contributed by atoms with Crippen molar-refractivity contribution in [2.24, 2.45) is 4.99 Å². The Bertz CT molecular complexity index is 204. The van der Waals surface area contributed by atoms with Crippen molar-refractivity contribution in [2.45, 2.75) is 32.2 Å². The molecule has 4 heteroatoms. The minimum Gasteiger partial charge on any atom is -0.469 e. The van der Waals surface area contributed by atoms with Gasteiger partial charge in [-0.1, -0.05) is 0 Å². The van der Waals surface area contributed by atoms with Crippen molar-refractivity contribution in [1.82, 2.24) is 0 Å². The van der Waals surface area contributed by atoms with Gasteiger partial charge >= 0.3 is 5.97 Å².